The Balaban J connectivity index is 2.30. The van der Waals surface area contributed by atoms with Gasteiger partial charge in [-0.2, -0.15) is 0 Å². The van der Waals surface area contributed by atoms with Gasteiger partial charge in [-0.15, -0.1) is 0 Å². The number of benzene rings is 1. The van der Waals surface area contributed by atoms with Crippen molar-refractivity contribution in [2.75, 3.05) is 46.8 Å². The topological polar surface area (TPSA) is 46.6 Å². The van der Waals surface area contributed by atoms with Crippen LogP contribution < -0.4 is 10.1 Å². The summed E-state index contributed by atoms with van der Waals surface area (Å²) < 4.78 is 10.4. The molecule has 0 bridgehead atoms. The van der Waals surface area contributed by atoms with Crippen LogP contribution in [0.4, 0.5) is 5.82 Å². The van der Waals surface area contributed by atoms with E-state index in [2.05, 4.69) is 28.3 Å². The first kappa shape index (κ1) is 15.5. The van der Waals surface area contributed by atoms with E-state index in [0.29, 0.717) is 0 Å². The average molecular weight is 289 g/mol. The monoisotopic (exact) mass is 289 g/mol. The highest BCUT2D eigenvalue weighted by Gasteiger charge is 2.09. The normalized spacial score (nSPS) is 11.1. The van der Waals surface area contributed by atoms with Gasteiger partial charge >= 0.3 is 0 Å². The zero-order valence-electron chi connectivity index (χ0n) is 13.1. The zero-order chi connectivity index (χ0) is 15.2. The lowest BCUT2D eigenvalue weighted by Gasteiger charge is -2.18. The van der Waals surface area contributed by atoms with Gasteiger partial charge in [0.1, 0.15) is 11.6 Å². The summed E-state index contributed by atoms with van der Waals surface area (Å²) in [6.07, 6.45) is 0. The molecule has 0 fully saturated rings. The van der Waals surface area contributed by atoms with E-state index in [9.17, 15) is 0 Å². The Hall–Kier alpha value is -1.85. The summed E-state index contributed by atoms with van der Waals surface area (Å²) in [5.74, 6) is 1.72. The van der Waals surface area contributed by atoms with Crippen molar-refractivity contribution in [2.45, 2.75) is 6.54 Å². The summed E-state index contributed by atoms with van der Waals surface area (Å²) in [6, 6.07) is 8.13. The molecule has 2 aromatic rings. The minimum absolute atomic E-state index is 0.726. The minimum atomic E-state index is 0.726. The summed E-state index contributed by atoms with van der Waals surface area (Å²) in [4.78, 5) is 6.91. The van der Waals surface area contributed by atoms with Crippen LogP contribution in [0.2, 0.25) is 0 Å². The van der Waals surface area contributed by atoms with Crippen LogP contribution in [0.5, 0.6) is 5.75 Å². The minimum Gasteiger partial charge on any atom is -0.497 e. The predicted octanol–water partition coefficient (Wildman–Crippen LogP) is 2.36. The highest BCUT2D eigenvalue weighted by molar-refractivity contribution is 5.83. The number of pyridine rings is 1. The molecule has 0 amide bonds. The molecule has 21 heavy (non-hydrogen) atoms. The van der Waals surface area contributed by atoms with Crippen molar-refractivity contribution in [1.82, 2.24) is 9.88 Å². The number of ether oxygens (including phenoxy) is 2. The molecule has 0 saturated heterocycles. The summed E-state index contributed by atoms with van der Waals surface area (Å²) in [5, 5.41) is 4.29. The van der Waals surface area contributed by atoms with Crippen molar-refractivity contribution in [3.8, 4) is 5.75 Å². The van der Waals surface area contributed by atoms with Crippen LogP contribution in [0, 0.1) is 0 Å². The van der Waals surface area contributed by atoms with Crippen molar-refractivity contribution in [1.29, 1.82) is 0 Å². The van der Waals surface area contributed by atoms with Gasteiger partial charge in [0.25, 0.3) is 0 Å². The molecule has 0 aliphatic rings. The number of aromatic nitrogens is 1. The Kier molecular flexibility index (Phi) is 5.36. The number of hydrogen-bond donors (Lipinski definition) is 1. The van der Waals surface area contributed by atoms with Crippen LogP contribution >= 0.6 is 0 Å². The van der Waals surface area contributed by atoms with Crippen LogP contribution in [0.25, 0.3) is 10.9 Å². The van der Waals surface area contributed by atoms with Crippen LogP contribution in [0.1, 0.15) is 5.56 Å². The van der Waals surface area contributed by atoms with Gasteiger partial charge in [0.05, 0.1) is 19.2 Å². The lowest BCUT2D eigenvalue weighted by Crippen LogP contribution is -2.23. The molecule has 0 saturated carbocycles. The van der Waals surface area contributed by atoms with Crippen LogP contribution in [-0.4, -0.2) is 51.4 Å². The molecule has 1 aromatic heterocycles. The number of rotatable bonds is 7. The SMILES string of the molecule is CNc1nc2cc(OC)ccc2cc1CN(C)CCOC. The maximum atomic E-state index is 5.25. The maximum absolute atomic E-state index is 5.25. The third kappa shape index (κ3) is 3.83. The van der Waals surface area contributed by atoms with E-state index in [1.54, 1.807) is 14.2 Å². The number of likely N-dealkylation sites (N-methyl/N-ethyl adjacent to an activating group) is 1. The van der Waals surface area contributed by atoms with E-state index in [1.807, 2.05) is 25.2 Å². The van der Waals surface area contributed by atoms with Gasteiger partial charge in [-0.25, -0.2) is 4.98 Å². The van der Waals surface area contributed by atoms with Gasteiger partial charge in [0, 0.05) is 44.3 Å². The van der Waals surface area contributed by atoms with Crippen molar-refractivity contribution < 1.29 is 9.47 Å². The molecule has 0 aliphatic carbocycles. The van der Waals surface area contributed by atoms with E-state index >= 15 is 0 Å². The predicted molar refractivity (Wildman–Crippen MR) is 86.1 cm³/mol. The largest absolute Gasteiger partial charge is 0.497 e. The number of anilines is 1. The quantitative estimate of drug-likeness (QED) is 0.848. The number of nitrogens with zero attached hydrogens (tertiary/aromatic N) is 2. The molecule has 5 heteroatoms. The van der Waals surface area contributed by atoms with E-state index in [4.69, 9.17) is 9.47 Å². The summed E-state index contributed by atoms with van der Waals surface area (Å²) in [7, 11) is 7.36. The van der Waals surface area contributed by atoms with Gasteiger partial charge < -0.3 is 14.8 Å². The summed E-state index contributed by atoms with van der Waals surface area (Å²) in [5.41, 5.74) is 2.11. The van der Waals surface area contributed by atoms with Crippen molar-refractivity contribution >= 4 is 16.7 Å². The smallest absolute Gasteiger partial charge is 0.130 e. The molecule has 2 rings (SSSR count). The van der Waals surface area contributed by atoms with Gasteiger partial charge in [-0.1, -0.05) is 0 Å². The molecule has 0 spiro atoms. The standard InChI is InChI=1S/C16H23N3O2/c1-17-16-13(11-19(2)7-8-20-3)9-12-5-6-14(21-4)10-15(12)18-16/h5-6,9-10H,7-8,11H2,1-4H3,(H,17,18). The second kappa shape index (κ2) is 7.24. The molecular weight excluding hydrogens is 266 g/mol. The fourth-order valence-electron chi connectivity index (χ4n) is 2.27. The zero-order valence-corrected chi connectivity index (χ0v) is 13.1. The van der Waals surface area contributed by atoms with Gasteiger partial charge in [-0.3, -0.25) is 4.90 Å². The molecule has 0 unspecified atom stereocenters. The number of fused-ring (bicyclic) bond motifs is 1. The van der Waals surface area contributed by atoms with Crippen LogP contribution in [-0.2, 0) is 11.3 Å². The lowest BCUT2D eigenvalue weighted by atomic mass is 10.1. The second-order valence-electron chi connectivity index (χ2n) is 5.04. The van der Waals surface area contributed by atoms with E-state index < -0.39 is 0 Å². The molecule has 0 atom stereocenters. The molecule has 1 aromatic carbocycles. The van der Waals surface area contributed by atoms with Crippen molar-refractivity contribution in [3.05, 3.63) is 29.8 Å². The Bertz CT molecular complexity index is 601. The summed E-state index contributed by atoms with van der Waals surface area (Å²) in [6.45, 7) is 2.44. The van der Waals surface area contributed by atoms with Crippen molar-refractivity contribution in [2.24, 2.45) is 0 Å². The molecule has 114 valence electrons. The number of nitrogens with one attached hydrogen (secondary N) is 1. The molecule has 1 heterocycles. The fraction of sp³-hybridized carbons (Fsp3) is 0.438. The first-order valence-corrected chi connectivity index (χ1v) is 7.01. The van der Waals surface area contributed by atoms with Gasteiger partial charge in [0.15, 0.2) is 0 Å². The molecule has 0 aliphatic heterocycles. The third-order valence-electron chi connectivity index (χ3n) is 3.46. The highest BCUT2D eigenvalue weighted by atomic mass is 16.5. The second-order valence-corrected chi connectivity index (χ2v) is 5.04. The fourth-order valence-corrected chi connectivity index (χ4v) is 2.27. The first-order valence-electron chi connectivity index (χ1n) is 7.01. The average Bonchev–Trinajstić information content (AvgIpc) is 2.51. The van der Waals surface area contributed by atoms with Crippen LogP contribution in [0.15, 0.2) is 24.3 Å². The third-order valence-corrected chi connectivity index (χ3v) is 3.46. The summed E-state index contributed by atoms with van der Waals surface area (Å²) >= 11 is 0. The maximum Gasteiger partial charge on any atom is 0.130 e. The van der Waals surface area contributed by atoms with E-state index in [0.717, 1.165) is 42.2 Å². The Labute approximate surface area is 125 Å². The van der Waals surface area contributed by atoms with Gasteiger partial charge in [0.2, 0.25) is 0 Å². The molecular formula is C16H23N3O2. The van der Waals surface area contributed by atoms with Crippen molar-refractivity contribution in [3.63, 3.8) is 0 Å². The molecule has 5 nitrogen and oxygen atoms in total. The molecule has 1 N–H and O–H groups in total. The van der Waals surface area contributed by atoms with E-state index in [1.165, 1.54) is 5.56 Å². The Morgan fingerprint density at radius 3 is 2.71 bits per heavy atom. The van der Waals surface area contributed by atoms with Gasteiger partial charge in [-0.05, 0) is 25.2 Å². The highest BCUT2D eigenvalue weighted by Crippen LogP contribution is 2.24. The van der Waals surface area contributed by atoms with E-state index in [-0.39, 0.29) is 0 Å². The number of hydrogen-bond acceptors (Lipinski definition) is 5. The number of methoxy groups -OCH3 is 2. The Morgan fingerprint density at radius 2 is 2.05 bits per heavy atom. The first-order chi connectivity index (χ1) is 10.2. The Morgan fingerprint density at radius 1 is 1.24 bits per heavy atom. The lowest BCUT2D eigenvalue weighted by molar-refractivity contribution is 0.158. The molecule has 0 radical (unpaired) electrons. The van der Waals surface area contributed by atoms with Crippen LogP contribution in [0.3, 0.4) is 0 Å².